The lowest BCUT2D eigenvalue weighted by Crippen LogP contribution is -2.43. The van der Waals surface area contributed by atoms with Gasteiger partial charge in [-0.25, -0.2) is 13.1 Å². The van der Waals surface area contributed by atoms with Crippen molar-refractivity contribution in [2.45, 2.75) is 24.8 Å². The fourth-order valence-electron chi connectivity index (χ4n) is 3.09. The molecule has 7 nitrogen and oxygen atoms in total. The first-order valence-electron chi connectivity index (χ1n) is 8.85. The van der Waals surface area contributed by atoms with Crippen LogP contribution in [0.2, 0.25) is 0 Å². The lowest BCUT2D eigenvalue weighted by molar-refractivity contribution is 0.0127. The van der Waals surface area contributed by atoms with Crippen molar-refractivity contribution in [1.82, 2.24) is 9.62 Å². The molecule has 1 aliphatic rings. The topological polar surface area (TPSA) is 88.8 Å². The van der Waals surface area contributed by atoms with Crippen molar-refractivity contribution in [1.29, 1.82) is 0 Å². The van der Waals surface area contributed by atoms with Crippen LogP contribution in [-0.2, 0) is 14.8 Å². The zero-order valence-corrected chi connectivity index (χ0v) is 16.3. The summed E-state index contributed by atoms with van der Waals surface area (Å²) in [5.41, 5.74) is 0.365. The molecule has 1 N–H and O–H groups in total. The van der Waals surface area contributed by atoms with Crippen molar-refractivity contribution >= 4 is 15.8 Å². The van der Waals surface area contributed by atoms with Gasteiger partial charge in [-0.3, -0.25) is 9.69 Å². The highest BCUT2D eigenvalue weighted by atomic mass is 32.2. The van der Waals surface area contributed by atoms with Gasteiger partial charge in [0.2, 0.25) is 10.0 Å². The Kier molecular flexibility index (Phi) is 6.11. The van der Waals surface area contributed by atoms with E-state index in [4.69, 9.17) is 9.15 Å². The van der Waals surface area contributed by atoms with Crippen LogP contribution in [0.4, 0.5) is 0 Å². The van der Waals surface area contributed by atoms with Gasteiger partial charge in [0.25, 0.3) is 0 Å². The summed E-state index contributed by atoms with van der Waals surface area (Å²) in [5, 5.41) is 0. The van der Waals surface area contributed by atoms with Gasteiger partial charge in [0.05, 0.1) is 24.2 Å². The highest BCUT2D eigenvalue weighted by molar-refractivity contribution is 7.89. The second-order valence-corrected chi connectivity index (χ2v) is 8.32. The lowest BCUT2D eigenvalue weighted by atomic mass is 10.2. The molecule has 0 aliphatic carbocycles. The predicted molar refractivity (Wildman–Crippen MR) is 100 cm³/mol. The minimum Gasteiger partial charge on any atom is -0.465 e. The van der Waals surface area contributed by atoms with E-state index in [0.717, 1.165) is 11.5 Å². The molecule has 27 heavy (non-hydrogen) atoms. The molecule has 1 aromatic heterocycles. The van der Waals surface area contributed by atoms with Gasteiger partial charge >= 0.3 is 0 Å². The van der Waals surface area contributed by atoms with Crippen molar-refractivity contribution in [3.8, 4) is 0 Å². The third-order valence-electron chi connectivity index (χ3n) is 4.59. The summed E-state index contributed by atoms with van der Waals surface area (Å²) in [6, 6.07) is 9.56. The number of carbonyl (C=O) groups is 1. The lowest BCUT2D eigenvalue weighted by Gasteiger charge is -2.33. The Morgan fingerprint density at radius 2 is 1.96 bits per heavy atom. The fourth-order valence-corrected chi connectivity index (χ4v) is 4.17. The van der Waals surface area contributed by atoms with Crippen LogP contribution < -0.4 is 4.72 Å². The van der Waals surface area contributed by atoms with Gasteiger partial charge in [-0.1, -0.05) is 12.1 Å². The molecule has 8 heteroatoms. The number of rotatable bonds is 7. The molecular weight excluding hydrogens is 368 g/mol. The normalized spacial score (nSPS) is 17.0. The maximum absolute atomic E-state index is 12.7. The number of morpholine rings is 1. The number of nitrogens with one attached hydrogen (secondary N) is 1. The average molecular weight is 392 g/mol. The second kappa shape index (κ2) is 8.35. The highest BCUT2D eigenvalue weighted by Gasteiger charge is 2.27. The van der Waals surface area contributed by atoms with Crippen molar-refractivity contribution in [3.63, 3.8) is 0 Å². The van der Waals surface area contributed by atoms with E-state index in [0.29, 0.717) is 31.9 Å². The number of hydrogen-bond donors (Lipinski definition) is 1. The molecule has 2 aromatic rings. The van der Waals surface area contributed by atoms with E-state index in [9.17, 15) is 13.2 Å². The minimum absolute atomic E-state index is 0.0755. The van der Waals surface area contributed by atoms with Crippen molar-refractivity contribution in [2.24, 2.45) is 0 Å². The summed E-state index contributed by atoms with van der Waals surface area (Å²) in [6.07, 6.45) is 0. The van der Waals surface area contributed by atoms with Crippen LogP contribution in [0, 0.1) is 6.92 Å². The molecule has 1 fully saturated rings. The number of sulfonamides is 1. The van der Waals surface area contributed by atoms with Gasteiger partial charge < -0.3 is 9.15 Å². The van der Waals surface area contributed by atoms with Crippen molar-refractivity contribution in [3.05, 3.63) is 53.5 Å². The van der Waals surface area contributed by atoms with Gasteiger partial charge in [-0.2, -0.15) is 0 Å². The molecule has 1 unspecified atom stereocenters. The maximum Gasteiger partial charge on any atom is 0.240 e. The highest BCUT2D eigenvalue weighted by Crippen LogP contribution is 2.24. The van der Waals surface area contributed by atoms with Gasteiger partial charge in [0.1, 0.15) is 11.5 Å². The Labute approximate surface area is 159 Å². The maximum atomic E-state index is 12.7. The van der Waals surface area contributed by atoms with E-state index >= 15 is 0 Å². The number of benzene rings is 1. The summed E-state index contributed by atoms with van der Waals surface area (Å²) < 4.78 is 39.3. The quantitative estimate of drug-likeness (QED) is 0.727. The predicted octanol–water partition coefficient (Wildman–Crippen LogP) is 2.14. The van der Waals surface area contributed by atoms with E-state index < -0.39 is 10.0 Å². The minimum atomic E-state index is -3.75. The summed E-state index contributed by atoms with van der Waals surface area (Å²) in [6.45, 7) is 6.04. The van der Waals surface area contributed by atoms with E-state index in [-0.39, 0.29) is 23.3 Å². The van der Waals surface area contributed by atoms with Crippen molar-refractivity contribution in [2.75, 3.05) is 32.8 Å². The van der Waals surface area contributed by atoms with E-state index in [1.165, 1.54) is 19.1 Å². The molecule has 1 aliphatic heterocycles. The molecular formula is C19H24N2O5S. The number of furan rings is 1. The molecule has 0 radical (unpaired) electrons. The Hall–Kier alpha value is -2.00. The Bertz CT molecular complexity index is 900. The summed E-state index contributed by atoms with van der Waals surface area (Å²) in [7, 11) is -3.75. The Balaban J connectivity index is 1.79. The first-order valence-corrected chi connectivity index (χ1v) is 10.3. The number of aryl methyl sites for hydroxylation is 1. The summed E-state index contributed by atoms with van der Waals surface area (Å²) in [4.78, 5) is 13.8. The number of carbonyl (C=O) groups excluding carboxylic acids is 1. The van der Waals surface area contributed by atoms with E-state index in [1.54, 1.807) is 12.1 Å². The molecule has 1 saturated heterocycles. The first kappa shape index (κ1) is 19.8. The van der Waals surface area contributed by atoms with Crippen LogP contribution in [0.3, 0.4) is 0 Å². The van der Waals surface area contributed by atoms with Gasteiger partial charge in [0, 0.05) is 25.2 Å². The molecule has 2 heterocycles. The average Bonchev–Trinajstić information content (AvgIpc) is 3.09. The summed E-state index contributed by atoms with van der Waals surface area (Å²) >= 11 is 0. The first-order chi connectivity index (χ1) is 12.9. The van der Waals surface area contributed by atoms with Gasteiger partial charge in [-0.05, 0) is 38.1 Å². The standard InChI is InChI=1S/C19H24N2O5S/c1-14-6-7-19(26-14)18(21-8-10-25-11-9-21)13-20-27(23,24)17-5-3-4-16(12-17)15(2)22/h3-7,12,18,20H,8-11,13H2,1-2H3. The summed E-state index contributed by atoms with van der Waals surface area (Å²) in [5.74, 6) is 1.32. The molecule has 3 rings (SSSR count). The van der Waals surface area contributed by atoms with E-state index in [2.05, 4.69) is 9.62 Å². The largest absolute Gasteiger partial charge is 0.465 e. The number of hydrogen-bond acceptors (Lipinski definition) is 6. The van der Waals surface area contributed by atoms with Gasteiger partial charge in [-0.15, -0.1) is 0 Å². The molecule has 1 atom stereocenters. The third kappa shape index (κ3) is 4.84. The van der Waals surface area contributed by atoms with Crippen LogP contribution in [0.1, 0.15) is 34.8 Å². The second-order valence-electron chi connectivity index (χ2n) is 6.55. The molecule has 0 spiro atoms. The third-order valence-corrected chi connectivity index (χ3v) is 6.01. The van der Waals surface area contributed by atoms with E-state index in [1.807, 2.05) is 19.1 Å². The van der Waals surface area contributed by atoms with Crippen LogP contribution in [-0.4, -0.2) is 51.9 Å². The number of Topliss-reactive ketones (excluding diaryl/α,β-unsaturated/α-hetero) is 1. The molecule has 0 amide bonds. The smallest absolute Gasteiger partial charge is 0.240 e. The number of nitrogens with zero attached hydrogens (tertiary/aromatic N) is 1. The van der Waals surface area contributed by atoms with Crippen molar-refractivity contribution < 1.29 is 22.4 Å². The number of ether oxygens (including phenoxy) is 1. The fraction of sp³-hybridized carbons (Fsp3) is 0.421. The molecule has 146 valence electrons. The monoisotopic (exact) mass is 392 g/mol. The zero-order chi connectivity index (χ0) is 19.4. The Morgan fingerprint density at radius 1 is 1.22 bits per heavy atom. The van der Waals surface area contributed by atoms with Crippen LogP contribution >= 0.6 is 0 Å². The zero-order valence-electron chi connectivity index (χ0n) is 15.5. The SMILES string of the molecule is CC(=O)c1cccc(S(=O)(=O)NCC(c2ccc(C)o2)N2CCOCC2)c1. The Morgan fingerprint density at radius 3 is 2.59 bits per heavy atom. The molecule has 0 saturated carbocycles. The molecule has 1 aromatic carbocycles. The van der Waals surface area contributed by atoms with Crippen LogP contribution in [0.5, 0.6) is 0 Å². The molecule has 0 bridgehead atoms. The van der Waals surface area contributed by atoms with Gasteiger partial charge in [0.15, 0.2) is 5.78 Å². The number of ketones is 1. The van der Waals surface area contributed by atoms with Crippen LogP contribution in [0.15, 0.2) is 45.7 Å². The van der Waals surface area contributed by atoms with Crippen LogP contribution in [0.25, 0.3) is 0 Å².